The average molecular weight is 225 g/mol. The molecule has 2 nitrogen and oxygen atoms in total. The lowest BCUT2D eigenvalue weighted by Crippen LogP contribution is -2.21. The van der Waals surface area contributed by atoms with Crippen LogP contribution in [0.4, 0.5) is 0 Å². The van der Waals surface area contributed by atoms with Crippen molar-refractivity contribution in [3.8, 4) is 5.75 Å². The van der Waals surface area contributed by atoms with Crippen molar-refractivity contribution >= 4 is 11.8 Å². The molecule has 1 rings (SSSR count). The summed E-state index contributed by atoms with van der Waals surface area (Å²) in [5, 5.41) is 3.47. The van der Waals surface area contributed by atoms with Gasteiger partial charge in [0.1, 0.15) is 5.75 Å². The Balaban J connectivity index is 2.59. The number of methoxy groups -OCH3 is 1. The Hall–Kier alpha value is -0.670. The minimum Gasteiger partial charge on any atom is -0.496 e. The highest BCUT2D eigenvalue weighted by atomic mass is 32.2. The van der Waals surface area contributed by atoms with Gasteiger partial charge in [-0.2, -0.15) is 11.8 Å². The molecule has 0 spiro atoms. The van der Waals surface area contributed by atoms with Gasteiger partial charge in [0.15, 0.2) is 0 Å². The molecule has 0 saturated carbocycles. The molecule has 0 radical (unpaired) electrons. The van der Waals surface area contributed by atoms with Gasteiger partial charge in [-0.25, -0.2) is 0 Å². The SMILES string of the molecule is COc1ccccc1C(C)NCCSC. The summed E-state index contributed by atoms with van der Waals surface area (Å²) in [4.78, 5) is 0. The van der Waals surface area contributed by atoms with Crippen molar-refractivity contribution in [2.45, 2.75) is 13.0 Å². The molecular weight excluding hydrogens is 206 g/mol. The van der Waals surface area contributed by atoms with Crippen molar-refractivity contribution in [2.75, 3.05) is 25.7 Å². The van der Waals surface area contributed by atoms with E-state index < -0.39 is 0 Å². The molecule has 0 aliphatic carbocycles. The summed E-state index contributed by atoms with van der Waals surface area (Å²) >= 11 is 1.86. The zero-order valence-corrected chi connectivity index (χ0v) is 10.4. The van der Waals surface area contributed by atoms with Gasteiger partial charge in [0, 0.05) is 23.9 Å². The third kappa shape index (κ3) is 3.76. The monoisotopic (exact) mass is 225 g/mol. The van der Waals surface area contributed by atoms with Crippen molar-refractivity contribution in [2.24, 2.45) is 0 Å². The van der Waals surface area contributed by atoms with E-state index in [0.29, 0.717) is 6.04 Å². The van der Waals surface area contributed by atoms with E-state index in [9.17, 15) is 0 Å². The van der Waals surface area contributed by atoms with Crippen LogP contribution in [0.25, 0.3) is 0 Å². The summed E-state index contributed by atoms with van der Waals surface area (Å²) in [6.45, 7) is 3.19. The van der Waals surface area contributed by atoms with Gasteiger partial charge in [0.2, 0.25) is 0 Å². The van der Waals surface area contributed by atoms with Crippen LogP contribution in [0.1, 0.15) is 18.5 Å². The third-order valence-electron chi connectivity index (χ3n) is 2.36. The van der Waals surface area contributed by atoms with E-state index in [1.165, 1.54) is 5.56 Å². The molecule has 1 unspecified atom stereocenters. The quantitative estimate of drug-likeness (QED) is 0.752. The third-order valence-corrected chi connectivity index (χ3v) is 2.97. The Labute approximate surface area is 96.4 Å². The first-order valence-corrected chi connectivity index (χ1v) is 6.54. The molecule has 1 atom stereocenters. The number of thioether (sulfide) groups is 1. The Kier molecular flexibility index (Phi) is 5.58. The summed E-state index contributed by atoms with van der Waals surface area (Å²) < 4.78 is 5.33. The number of para-hydroxylation sites is 1. The number of ether oxygens (including phenoxy) is 1. The molecule has 1 aromatic rings. The zero-order valence-electron chi connectivity index (χ0n) is 9.62. The van der Waals surface area contributed by atoms with E-state index in [0.717, 1.165) is 18.0 Å². The van der Waals surface area contributed by atoms with Gasteiger partial charge >= 0.3 is 0 Å². The van der Waals surface area contributed by atoms with Gasteiger partial charge in [-0.1, -0.05) is 18.2 Å². The van der Waals surface area contributed by atoms with E-state index in [1.807, 2.05) is 30.0 Å². The minimum atomic E-state index is 0.341. The van der Waals surface area contributed by atoms with Crippen LogP contribution in [0.2, 0.25) is 0 Å². The molecule has 0 aromatic heterocycles. The number of hydrogen-bond acceptors (Lipinski definition) is 3. The summed E-state index contributed by atoms with van der Waals surface area (Å²) in [5.41, 5.74) is 1.22. The molecule has 1 aromatic carbocycles. The van der Waals surface area contributed by atoms with Gasteiger partial charge in [-0.05, 0) is 19.2 Å². The Morgan fingerprint density at radius 2 is 2.13 bits per heavy atom. The van der Waals surface area contributed by atoms with Gasteiger partial charge < -0.3 is 10.1 Å². The maximum atomic E-state index is 5.33. The Morgan fingerprint density at radius 3 is 2.80 bits per heavy atom. The maximum Gasteiger partial charge on any atom is 0.123 e. The number of hydrogen-bond donors (Lipinski definition) is 1. The van der Waals surface area contributed by atoms with E-state index in [1.54, 1.807) is 7.11 Å². The van der Waals surface area contributed by atoms with Gasteiger partial charge in [-0.3, -0.25) is 0 Å². The summed E-state index contributed by atoms with van der Waals surface area (Å²) in [7, 11) is 1.72. The molecule has 0 aliphatic heterocycles. The number of nitrogens with one attached hydrogen (secondary N) is 1. The van der Waals surface area contributed by atoms with Crippen LogP contribution in [0.3, 0.4) is 0 Å². The molecule has 1 N–H and O–H groups in total. The molecule has 0 saturated heterocycles. The number of rotatable bonds is 6. The maximum absolute atomic E-state index is 5.33. The molecule has 15 heavy (non-hydrogen) atoms. The molecule has 0 bridgehead atoms. The van der Waals surface area contributed by atoms with Crippen LogP contribution in [-0.2, 0) is 0 Å². The largest absolute Gasteiger partial charge is 0.496 e. The van der Waals surface area contributed by atoms with E-state index >= 15 is 0 Å². The standard InChI is InChI=1S/C12H19NOS/c1-10(13-8-9-15-3)11-6-4-5-7-12(11)14-2/h4-7,10,13H,8-9H2,1-3H3. The molecule has 0 heterocycles. The van der Waals surface area contributed by atoms with Crippen LogP contribution >= 0.6 is 11.8 Å². The molecule has 84 valence electrons. The summed E-state index contributed by atoms with van der Waals surface area (Å²) in [5.74, 6) is 2.10. The van der Waals surface area contributed by atoms with Crippen LogP contribution in [0.15, 0.2) is 24.3 Å². The molecule has 0 aliphatic rings. The Morgan fingerprint density at radius 1 is 1.40 bits per heavy atom. The smallest absolute Gasteiger partial charge is 0.123 e. The van der Waals surface area contributed by atoms with Crippen LogP contribution in [0.5, 0.6) is 5.75 Å². The first-order valence-electron chi connectivity index (χ1n) is 5.14. The fraction of sp³-hybridized carbons (Fsp3) is 0.500. The zero-order chi connectivity index (χ0) is 11.1. The highest BCUT2D eigenvalue weighted by molar-refractivity contribution is 7.98. The molecular formula is C12H19NOS. The van der Waals surface area contributed by atoms with Crippen LogP contribution in [-0.4, -0.2) is 25.7 Å². The molecule has 0 fully saturated rings. The number of benzene rings is 1. The van der Waals surface area contributed by atoms with Gasteiger partial charge in [0.25, 0.3) is 0 Å². The average Bonchev–Trinajstić information content (AvgIpc) is 2.29. The first-order chi connectivity index (χ1) is 7.29. The predicted molar refractivity (Wildman–Crippen MR) is 67.8 cm³/mol. The lowest BCUT2D eigenvalue weighted by atomic mass is 10.1. The first kappa shape index (κ1) is 12.4. The topological polar surface area (TPSA) is 21.3 Å². The van der Waals surface area contributed by atoms with Crippen molar-refractivity contribution in [1.29, 1.82) is 0 Å². The van der Waals surface area contributed by atoms with E-state index in [-0.39, 0.29) is 0 Å². The van der Waals surface area contributed by atoms with E-state index in [4.69, 9.17) is 4.74 Å². The van der Waals surface area contributed by atoms with Crippen LogP contribution < -0.4 is 10.1 Å². The van der Waals surface area contributed by atoms with Gasteiger partial charge in [-0.15, -0.1) is 0 Å². The van der Waals surface area contributed by atoms with Crippen molar-refractivity contribution in [3.05, 3.63) is 29.8 Å². The lowest BCUT2D eigenvalue weighted by molar-refractivity contribution is 0.402. The lowest BCUT2D eigenvalue weighted by Gasteiger charge is -2.16. The fourth-order valence-corrected chi connectivity index (χ4v) is 1.83. The molecule has 0 amide bonds. The summed E-state index contributed by atoms with van der Waals surface area (Å²) in [6.07, 6.45) is 2.12. The second-order valence-corrected chi connectivity index (χ2v) is 4.40. The van der Waals surface area contributed by atoms with Gasteiger partial charge in [0.05, 0.1) is 7.11 Å². The second-order valence-electron chi connectivity index (χ2n) is 3.41. The van der Waals surface area contributed by atoms with Crippen molar-refractivity contribution < 1.29 is 4.74 Å². The highest BCUT2D eigenvalue weighted by Crippen LogP contribution is 2.23. The summed E-state index contributed by atoms with van der Waals surface area (Å²) in [6, 6.07) is 8.49. The van der Waals surface area contributed by atoms with E-state index in [2.05, 4.69) is 24.6 Å². The minimum absolute atomic E-state index is 0.341. The fourth-order valence-electron chi connectivity index (χ4n) is 1.51. The normalized spacial score (nSPS) is 12.5. The highest BCUT2D eigenvalue weighted by Gasteiger charge is 2.08. The Bertz CT molecular complexity index is 291. The molecule has 3 heteroatoms. The second kappa shape index (κ2) is 6.75. The predicted octanol–water partition coefficient (Wildman–Crippen LogP) is 2.71. The van der Waals surface area contributed by atoms with Crippen molar-refractivity contribution in [1.82, 2.24) is 5.32 Å². The van der Waals surface area contributed by atoms with Crippen molar-refractivity contribution in [3.63, 3.8) is 0 Å². The van der Waals surface area contributed by atoms with Crippen LogP contribution in [0, 0.1) is 0 Å².